The van der Waals surface area contributed by atoms with Crippen LogP contribution in [-0.2, 0) is 19.1 Å². The Morgan fingerprint density at radius 1 is 0.684 bits per heavy atom. The van der Waals surface area contributed by atoms with Crippen molar-refractivity contribution in [3.05, 3.63) is 72.6 Å². The highest BCUT2D eigenvalue weighted by atomic mass is 32.1. The lowest BCUT2D eigenvalue weighted by molar-refractivity contribution is -0.136. The molecule has 2 aliphatic rings. The lowest BCUT2D eigenvalue weighted by Crippen LogP contribution is -2.51. The number of likely N-dealkylation sites (tertiary alicyclic amines) is 2. The largest absolute Gasteiger partial charge is 0.453 e. The molecule has 4 atom stereocenters. The van der Waals surface area contributed by atoms with Crippen LogP contribution in [0.15, 0.2) is 60.9 Å². The van der Waals surface area contributed by atoms with Crippen molar-refractivity contribution in [1.82, 2.24) is 40.4 Å². The van der Waals surface area contributed by atoms with Gasteiger partial charge in [-0.15, -0.1) is 11.3 Å². The fourth-order valence-corrected chi connectivity index (χ4v) is 9.06. The molecule has 4 amide bonds. The number of nitrogens with one attached hydrogen (secondary N) is 4. The molecule has 0 bridgehead atoms. The summed E-state index contributed by atoms with van der Waals surface area (Å²) in [5, 5.41) is 7.58. The molecule has 0 unspecified atom stereocenters. The number of aromatic amines is 2. The monoisotopic (exact) mass is 794 g/mol. The van der Waals surface area contributed by atoms with E-state index in [2.05, 4.69) is 63.1 Å². The number of imidazole rings is 2. The Hall–Kier alpha value is -5.70. The van der Waals surface area contributed by atoms with Crippen molar-refractivity contribution in [2.45, 2.75) is 77.5 Å². The molecule has 14 nitrogen and oxygen atoms in total. The van der Waals surface area contributed by atoms with E-state index in [4.69, 9.17) is 19.4 Å². The first kappa shape index (κ1) is 39.5. The molecule has 2 aliphatic heterocycles. The van der Waals surface area contributed by atoms with Crippen LogP contribution < -0.4 is 10.6 Å². The Labute approximate surface area is 335 Å². The number of methoxy groups -OCH3 is 2. The summed E-state index contributed by atoms with van der Waals surface area (Å²) < 4.78 is 9.56. The molecular formula is C42H50N8O6S. The number of thiophene rings is 1. The van der Waals surface area contributed by atoms with Crippen molar-refractivity contribution in [2.24, 2.45) is 11.8 Å². The van der Waals surface area contributed by atoms with Crippen molar-refractivity contribution < 1.29 is 28.7 Å². The Morgan fingerprint density at radius 2 is 1.16 bits per heavy atom. The van der Waals surface area contributed by atoms with Gasteiger partial charge in [0.1, 0.15) is 23.7 Å². The van der Waals surface area contributed by atoms with Crippen LogP contribution in [-0.4, -0.2) is 93.1 Å². The first-order valence-corrected chi connectivity index (χ1v) is 20.3. The van der Waals surface area contributed by atoms with Crippen LogP contribution >= 0.6 is 11.3 Å². The molecule has 3 aromatic heterocycles. The van der Waals surface area contributed by atoms with Gasteiger partial charge in [-0.2, -0.15) is 0 Å². The summed E-state index contributed by atoms with van der Waals surface area (Å²) in [5.74, 6) is 0.924. The van der Waals surface area contributed by atoms with Gasteiger partial charge in [0, 0.05) is 23.5 Å². The maximum absolute atomic E-state index is 13.7. The summed E-state index contributed by atoms with van der Waals surface area (Å²) in [6.07, 6.45) is 5.63. The molecule has 0 radical (unpaired) electrons. The van der Waals surface area contributed by atoms with Crippen molar-refractivity contribution in [3.8, 4) is 32.3 Å². The van der Waals surface area contributed by atoms with Gasteiger partial charge in [-0.25, -0.2) is 19.6 Å². The van der Waals surface area contributed by atoms with Crippen LogP contribution in [0.25, 0.3) is 43.0 Å². The summed E-state index contributed by atoms with van der Waals surface area (Å²) in [5.41, 5.74) is 3.83. The number of ether oxygens (including phenoxy) is 2. The average Bonchev–Trinajstić information content (AvgIpc) is 4.06. The highest BCUT2D eigenvalue weighted by Gasteiger charge is 2.39. The van der Waals surface area contributed by atoms with Crippen LogP contribution in [0, 0.1) is 11.8 Å². The summed E-state index contributed by atoms with van der Waals surface area (Å²) in [6, 6.07) is 14.9. The number of rotatable bonds is 11. The zero-order chi connectivity index (χ0) is 40.4. The van der Waals surface area contributed by atoms with Crippen molar-refractivity contribution in [1.29, 1.82) is 0 Å². The first-order valence-electron chi connectivity index (χ1n) is 19.5. The molecule has 2 fully saturated rings. The minimum absolute atomic E-state index is 0.112. The third-order valence-corrected chi connectivity index (χ3v) is 12.2. The number of amides is 4. The minimum Gasteiger partial charge on any atom is -0.453 e. The molecule has 0 saturated carbocycles. The summed E-state index contributed by atoms with van der Waals surface area (Å²) in [7, 11) is 2.58. The van der Waals surface area contributed by atoms with Gasteiger partial charge in [0.25, 0.3) is 0 Å². The zero-order valence-corrected chi connectivity index (χ0v) is 33.9. The smallest absolute Gasteiger partial charge is 0.407 e. The second-order valence-electron chi connectivity index (χ2n) is 15.3. The second-order valence-corrected chi connectivity index (χ2v) is 16.4. The van der Waals surface area contributed by atoms with E-state index in [0.29, 0.717) is 18.9 Å². The Kier molecular flexibility index (Phi) is 11.7. The molecule has 5 heterocycles. The highest BCUT2D eigenvalue weighted by molar-refractivity contribution is 7.18. The van der Waals surface area contributed by atoms with Gasteiger partial charge in [0.2, 0.25) is 11.8 Å². The van der Waals surface area contributed by atoms with Gasteiger partial charge in [-0.05, 0) is 66.0 Å². The lowest BCUT2D eigenvalue weighted by Gasteiger charge is -2.30. The summed E-state index contributed by atoms with van der Waals surface area (Å²) in [6.45, 7) is 8.79. The fourth-order valence-electron chi connectivity index (χ4n) is 8.05. The molecule has 0 spiro atoms. The predicted molar refractivity (Wildman–Crippen MR) is 218 cm³/mol. The van der Waals surface area contributed by atoms with Gasteiger partial charge in [0.15, 0.2) is 0 Å². The molecule has 15 heteroatoms. The molecule has 57 heavy (non-hydrogen) atoms. The van der Waals surface area contributed by atoms with E-state index in [1.54, 1.807) is 11.3 Å². The van der Waals surface area contributed by atoms with Crippen LogP contribution in [0.2, 0.25) is 0 Å². The number of hydrogen-bond acceptors (Lipinski definition) is 9. The SMILES string of the molecule is COC(=O)N[C@H](C(=O)N1CCC[C@H]1c1ncc(-c2ccc(-c3cccc4c(-c5cnc([C@@H]6CCCN6C(=O)[C@@H](NC(=O)OC)C(C)C)[nH]5)cccc34)s2)[nH]1)C(C)C. The number of fused-ring (bicyclic) bond motifs is 1. The molecule has 300 valence electrons. The number of aromatic nitrogens is 4. The molecular weight excluding hydrogens is 745 g/mol. The molecule has 4 N–H and O–H groups in total. The van der Waals surface area contributed by atoms with Crippen LogP contribution in [0.4, 0.5) is 9.59 Å². The summed E-state index contributed by atoms with van der Waals surface area (Å²) >= 11 is 1.66. The molecule has 7 rings (SSSR count). The highest BCUT2D eigenvalue weighted by Crippen LogP contribution is 2.41. The minimum atomic E-state index is -0.703. The molecule has 0 aliphatic carbocycles. The number of nitrogens with zero attached hydrogens (tertiary/aromatic N) is 4. The number of alkyl carbamates (subject to hydrolysis) is 2. The van der Waals surface area contributed by atoms with Crippen LogP contribution in [0.1, 0.15) is 77.1 Å². The van der Waals surface area contributed by atoms with E-state index in [9.17, 15) is 19.2 Å². The van der Waals surface area contributed by atoms with Gasteiger partial charge in [-0.3, -0.25) is 9.59 Å². The molecule has 2 aromatic carbocycles. The first-order chi connectivity index (χ1) is 27.5. The summed E-state index contributed by atoms with van der Waals surface area (Å²) in [4.78, 5) is 73.7. The third kappa shape index (κ3) is 7.98. The van der Waals surface area contributed by atoms with E-state index < -0.39 is 24.3 Å². The number of benzene rings is 2. The van der Waals surface area contributed by atoms with Crippen molar-refractivity contribution >= 4 is 46.1 Å². The number of carbonyl (C=O) groups excluding carboxylic acids is 4. The van der Waals surface area contributed by atoms with E-state index >= 15 is 0 Å². The zero-order valence-electron chi connectivity index (χ0n) is 33.1. The van der Waals surface area contributed by atoms with Crippen molar-refractivity contribution in [2.75, 3.05) is 27.3 Å². The van der Waals surface area contributed by atoms with Gasteiger partial charge < -0.3 is 39.9 Å². The van der Waals surface area contributed by atoms with Crippen LogP contribution in [0.5, 0.6) is 0 Å². The third-order valence-electron chi connectivity index (χ3n) is 11.0. The number of carbonyl (C=O) groups is 4. The predicted octanol–water partition coefficient (Wildman–Crippen LogP) is 7.44. The number of hydrogen-bond donors (Lipinski definition) is 4. The van der Waals surface area contributed by atoms with E-state index in [-0.39, 0.29) is 35.7 Å². The van der Waals surface area contributed by atoms with E-state index in [1.807, 2.05) is 56.0 Å². The number of H-pyrrole nitrogens is 2. The Balaban J connectivity index is 1.11. The van der Waals surface area contributed by atoms with Crippen molar-refractivity contribution in [3.63, 3.8) is 0 Å². The fraction of sp³-hybridized carbons (Fsp3) is 0.429. The maximum Gasteiger partial charge on any atom is 0.407 e. The van der Waals surface area contributed by atoms with Gasteiger partial charge in [0.05, 0.1) is 55.0 Å². The Morgan fingerprint density at radius 3 is 1.68 bits per heavy atom. The van der Waals surface area contributed by atoms with Gasteiger partial charge in [-0.1, -0.05) is 64.1 Å². The topological polar surface area (TPSA) is 175 Å². The van der Waals surface area contributed by atoms with Gasteiger partial charge >= 0.3 is 12.2 Å². The second kappa shape index (κ2) is 16.8. The molecule has 2 saturated heterocycles. The maximum atomic E-state index is 13.7. The molecule has 5 aromatic rings. The normalized spacial score (nSPS) is 18.0. The van der Waals surface area contributed by atoms with Crippen LogP contribution in [0.3, 0.4) is 0 Å². The lowest BCUT2D eigenvalue weighted by atomic mass is 9.98. The average molecular weight is 795 g/mol. The Bertz CT molecular complexity index is 2260. The van der Waals surface area contributed by atoms with E-state index in [1.165, 1.54) is 14.2 Å². The standard InChI is InChI=1S/C42H50N8O6S/c1-23(2)35(47-41(53)55-5)39(51)49-19-9-15-31(49)37-43-21-29(45-37)27-13-7-12-26-25(27)11-8-14-28(26)33-17-18-34(57-33)30-22-44-38(46-30)32-16-10-20-50(32)40(52)36(24(3)4)48-42(54)56-6/h7-8,11-14,17-18,21-24,31-32,35-36H,9-10,15-16,19-20H2,1-6H3,(H,43,45)(H,44,46)(H,47,53)(H,48,54)/t31-,32-,35-,36-/m0/s1. The van der Waals surface area contributed by atoms with E-state index in [0.717, 1.165) is 74.5 Å². The quantitative estimate of drug-likeness (QED) is 0.107.